The largest absolute Gasteiger partial charge is 0.465 e. The van der Waals surface area contributed by atoms with Crippen LogP contribution in [0.15, 0.2) is 48.5 Å². The second-order valence-corrected chi connectivity index (χ2v) is 8.79. The number of amides is 3. The fourth-order valence-corrected chi connectivity index (χ4v) is 3.61. The Kier molecular flexibility index (Phi) is 6.55. The summed E-state index contributed by atoms with van der Waals surface area (Å²) in [5, 5.41) is 10.3. The van der Waals surface area contributed by atoms with Gasteiger partial charge in [-0.05, 0) is 56.0 Å². The Labute approximate surface area is 186 Å². The highest BCUT2D eigenvalue weighted by atomic mass is 35.5. The maximum absolute atomic E-state index is 13.4. The zero-order valence-corrected chi connectivity index (χ0v) is 18.4. The van der Waals surface area contributed by atoms with E-state index in [1.54, 1.807) is 57.2 Å². The molecule has 1 heterocycles. The van der Waals surface area contributed by atoms with Crippen LogP contribution >= 0.6 is 11.6 Å². The number of imide groups is 1. The molecule has 0 radical (unpaired) electrons. The summed E-state index contributed by atoms with van der Waals surface area (Å²) in [6.45, 7) is 5.34. The molecule has 2 aromatic rings. The van der Waals surface area contributed by atoms with E-state index in [0.717, 1.165) is 16.0 Å². The molecule has 2 aromatic carbocycles. The number of carboxylic acid groups (broad SMARTS) is 1. The van der Waals surface area contributed by atoms with Crippen LogP contribution in [0.5, 0.6) is 0 Å². The zero-order valence-electron chi connectivity index (χ0n) is 17.7. The van der Waals surface area contributed by atoms with Crippen molar-refractivity contribution in [2.24, 2.45) is 0 Å². The summed E-state index contributed by atoms with van der Waals surface area (Å²) in [5.74, 6) is -0.683. The monoisotopic (exact) mass is 444 g/mol. The molecule has 7 nitrogen and oxygen atoms in total. The Morgan fingerprint density at radius 1 is 1.13 bits per heavy atom. The van der Waals surface area contributed by atoms with Crippen LogP contribution in [0.4, 0.5) is 9.59 Å². The van der Waals surface area contributed by atoms with Crippen LogP contribution in [0, 0.1) is 0 Å². The maximum atomic E-state index is 13.4. The van der Waals surface area contributed by atoms with Crippen molar-refractivity contribution >= 4 is 29.7 Å². The zero-order chi connectivity index (χ0) is 22.8. The minimum absolute atomic E-state index is 0.0450. The lowest BCUT2D eigenvalue weighted by atomic mass is 10.0. The number of benzene rings is 2. The number of ether oxygens (including phenoxy) is 1. The van der Waals surface area contributed by atoms with E-state index in [0.29, 0.717) is 17.0 Å². The van der Waals surface area contributed by atoms with Gasteiger partial charge in [-0.15, -0.1) is 0 Å². The molecule has 3 rings (SSSR count). The van der Waals surface area contributed by atoms with Gasteiger partial charge in [0.15, 0.2) is 0 Å². The molecular weight excluding hydrogens is 420 g/mol. The summed E-state index contributed by atoms with van der Waals surface area (Å²) >= 11 is 5.89. The second-order valence-electron chi connectivity index (χ2n) is 8.36. The predicted molar refractivity (Wildman–Crippen MR) is 116 cm³/mol. The molecule has 0 saturated carbocycles. The molecule has 8 heteroatoms. The molecular formula is C23H25ClN2O5. The smallest absolute Gasteiger partial charge is 0.414 e. The van der Waals surface area contributed by atoms with Gasteiger partial charge in [-0.1, -0.05) is 48.0 Å². The molecule has 0 bridgehead atoms. The Morgan fingerprint density at radius 3 is 2.39 bits per heavy atom. The summed E-state index contributed by atoms with van der Waals surface area (Å²) in [6.07, 6.45) is -1.70. The summed E-state index contributed by atoms with van der Waals surface area (Å²) in [6, 6.07) is 13.1. The van der Waals surface area contributed by atoms with Gasteiger partial charge in [-0.3, -0.25) is 9.69 Å². The SMILES string of the molecule is CC(C)(C)OC(=O)N1Cc2ccccc2C1C(=O)N(CCc1ccc(Cl)cc1)C(=O)O. The van der Waals surface area contributed by atoms with Crippen LogP contribution in [0.1, 0.15) is 43.5 Å². The van der Waals surface area contributed by atoms with Crippen molar-refractivity contribution in [2.75, 3.05) is 6.54 Å². The van der Waals surface area contributed by atoms with Gasteiger partial charge in [-0.2, -0.15) is 0 Å². The molecule has 0 aliphatic carbocycles. The number of nitrogens with zero attached hydrogens (tertiary/aromatic N) is 2. The molecule has 0 saturated heterocycles. The van der Waals surface area contributed by atoms with E-state index < -0.39 is 29.7 Å². The third kappa shape index (κ3) is 5.35. The van der Waals surface area contributed by atoms with E-state index in [4.69, 9.17) is 16.3 Å². The molecule has 3 amide bonds. The highest BCUT2D eigenvalue weighted by Gasteiger charge is 2.43. The molecule has 1 unspecified atom stereocenters. The molecule has 1 aliphatic rings. The Morgan fingerprint density at radius 2 is 1.77 bits per heavy atom. The second kappa shape index (κ2) is 8.98. The van der Waals surface area contributed by atoms with Crippen molar-refractivity contribution < 1.29 is 24.2 Å². The quantitative estimate of drug-likeness (QED) is 0.726. The van der Waals surface area contributed by atoms with E-state index in [-0.39, 0.29) is 13.1 Å². The molecule has 0 fully saturated rings. The van der Waals surface area contributed by atoms with Gasteiger partial charge in [0.05, 0.1) is 6.54 Å². The van der Waals surface area contributed by atoms with Gasteiger partial charge in [0, 0.05) is 11.6 Å². The van der Waals surface area contributed by atoms with Crippen molar-refractivity contribution in [3.63, 3.8) is 0 Å². The lowest BCUT2D eigenvalue weighted by Gasteiger charge is -2.30. The topological polar surface area (TPSA) is 87.2 Å². The number of rotatable bonds is 4. The predicted octanol–water partition coefficient (Wildman–Crippen LogP) is 4.88. The Hall–Kier alpha value is -3.06. The van der Waals surface area contributed by atoms with Crippen molar-refractivity contribution in [1.29, 1.82) is 0 Å². The molecule has 0 spiro atoms. The highest BCUT2D eigenvalue weighted by molar-refractivity contribution is 6.30. The third-order valence-electron chi connectivity index (χ3n) is 4.90. The number of hydrogen-bond acceptors (Lipinski definition) is 4. The average Bonchev–Trinajstić information content (AvgIpc) is 3.07. The fourth-order valence-electron chi connectivity index (χ4n) is 3.48. The van der Waals surface area contributed by atoms with Crippen LogP contribution in [0.2, 0.25) is 5.02 Å². The Bertz CT molecular complexity index is 984. The van der Waals surface area contributed by atoms with Gasteiger partial charge in [0.25, 0.3) is 5.91 Å². The van der Waals surface area contributed by atoms with Crippen molar-refractivity contribution in [2.45, 2.75) is 45.4 Å². The highest BCUT2D eigenvalue weighted by Crippen LogP contribution is 2.36. The maximum Gasteiger partial charge on any atom is 0.414 e. The molecule has 1 atom stereocenters. The van der Waals surface area contributed by atoms with Crippen LogP contribution in [-0.4, -0.2) is 45.1 Å². The number of hydrogen-bond donors (Lipinski definition) is 1. The number of carbonyl (C=O) groups excluding carboxylic acids is 2. The Balaban J connectivity index is 1.86. The number of fused-ring (bicyclic) bond motifs is 1. The summed E-state index contributed by atoms with van der Waals surface area (Å²) in [5.41, 5.74) is 1.49. The minimum Gasteiger partial charge on any atom is -0.465 e. The standard InChI is InChI=1S/C23H25ClN2O5/c1-23(2,3)31-22(30)26-14-16-6-4-5-7-18(16)19(26)20(27)25(21(28)29)13-12-15-8-10-17(24)11-9-15/h4-11,19H,12-14H2,1-3H3,(H,28,29). The van der Waals surface area contributed by atoms with Gasteiger partial charge in [-0.25, -0.2) is 14.5 Å². The molecule has 164 valence electrons. The first-order valence-electron chi connectivity index (χ1n) is 9.93. The lowest BCUT2D eigenvalue weighted by Crippen LogP contribution is -2.46. The first-order valence-corrected chi connectivity index (χ1v) is 10.3. The van der Waals surface area contributed by atoms with E-state index >= 15 is 0 Å². The van der Waals surface area contributed by atoms with E-state index in [2.05, 4.69) is 0 Å². The van der Waals surface area contributed by atoms with Crippen molar-refractivity contribution in [1.82, 2.24) is 9.80 Å². The van der Waals surface area contributed by atoms with E-state index in [9.17, 15) is 19.5 Å². The van der Waals surface area contributed by atoms with Crippen LogP contribution in [0.25, 0.3) is 0 Å². The lowest BCUT2D eigenvalue weighted by molar-refractivity contribution is -0.134. The van der Waals surface area contributed by atoms with Gasteiger partial charge in [0.2, 0.25) is 0 Å². The summed E-state index contributed by atoms with van der Waals surface area (Å²) < 4.78 is 5.47. The summed E-state index contributed by atoms with van der Waals surface area (Å²) in [7, 11) is 0. The van der Waals surface area contributed by atoms with Gasteiger partial charge in [0.1, 0.15) is 11.6 Å². The normalized spacial score (nSPS) is 15.4. The fraction of sp³-hybridized carbons (Fsp3) is 0.348. The molecule has 0 aromatic heterocycles. The van der Waals surface area contributed by atoms with Gasteiger partial charge < -0.3 is 9.84 Å². The third-order valence-corrected chi connectivity index (χ3v) is 5.15. The average molecular weight is 445 g/mol. The van der Waals surface area contributed by atoms with Crippen LogP contribution < -0.4 is 0 Å². The summed E-state index contributed by atoms with van der Waals surface area (Å²) in [4.78, 5) is 40.2. The molecule has 31 heavy (non-hydrogen) atoms. The van der Waals surface area contributed by atoms with E-state index in [1.165, 1.54) is 4.90 Å². The number of carbonyl (C=O) groups is 3. The van der Waals surface area contributed by atoms with Crippen LogP contribution in [0.3, 0.4) is 0 Å². The van der Waals surface area contributed by atoms with Crippen molar-refractivity contribution in [3.8, 4) is 0 Å². The minimum atomic E-state index is -1.37. The molecule has 1 N–H and O–H groups in total. The first-order chi connectivity index (χ1) is 14.6. The number of halogens is 1. The van der Waals surface area contributed by atoms with Crippen LogP contribution in [-0.2, 0) is 22.5 Å². The first kappa shape index (κ1) is 22.6. The van der Waals surface area contributed by atoms with Gasteiger partial charge >= 0.3 is 12.2 Å². The van der Waals surface area contributed by atoms with Crippen molar-refractivity contribution in [3.05, 3.63) is 70.2 Å². The molecule has 1 aliphatic heterocycles. The van der Waals surface area contributed by atoms with E-state index in [1.807, 2.05) is 12.1 Å².